The summed E-state index contributed by atoms with van der Waals surface area (Å²) in [5, 5.41) is 24.1. The molecule has 0 bridgehead atoms. The molecule has 1 aromatic heterocycles. The quantitative estimate of drug-likeness (QED) is 0.437. The Morgan fingerprint density at radius 2 is 1.83 bits per heavy atom. The SMILES string of the molecule is COc1cccc(C(=O)Nc2cc3ccc(OC4OC(C)(C)C(OC)C(O)C4O)c(C)c3oc2=O)c1. The van der Waals surface area contributed by atoms with Crippen molar-refractivity contribution in [3.8, 4) is 11.5 Å². The van der Waals surface area contributed by atoms with Crippen LogP contribution in [0.1, 0.15) is 29.8 Å². The zero-order valence-electron chi connectivity index (χ0n) is 20.6. The lowest BCUT2D eigenvalue weighted by atomic mass is 9.89. The molecule has 2 aromatic carbocycles. The summed E-state index contributed by atoms with van der Waals surface area (Å²) in [4.78, 5) is 25.3. The molecule has 0 spiro atoms. The average Bonchev–Trinajstić information content (AvgIpc) is 2.85. The van der Waals surface area contributed by atoms with Crippen molar-refractivity contribution in [3.05, 3.63) is 64.0 Å². The number of fused-ring (bicyclic) bond motifs is 1. The Balaban J connectivity index is 1.59. The summed E-state index contributed by atoms with van der Waals surface area (Å²) in [5.74, 6) is 0.315. The van der Waals surface area contributed by atoms with Crippen LogP contribution < -0.4 is 20.4 Å². The van der Waals surface area contributed by atoms with Crippen LogP contribution >= 0.6 is 0 Å². The van der Waals surface area contributed by atoms with E-state index in [-0.39, 0.29) is 11.3 Å². The highest BCUT2D eigenvalue weighted by atomic mass is 16.7. The lowest BCUT2D eigenvalue weighted by molar-refractivity contribution is -0.306. The Hall–Kier alpha value is -3.44. The minimum absolute atomic E-state index is 0.0232. The Bertz CT molecular complexity index is 1330. The van der Waals surface area contributed by atoms with Gasteiger partial charge in [-0.3, -0.25) is 4.79 Å². The van der Waals surface area contributed by atoms with E-state index in [1.807, 2.05) is 0 Å². The first-order chi connectivity index (χ1) is 17.1. The predicted octanol–water partition coefficient (Wildman–Crippen LogP) is 2.61. The summed E-state index contributed by atoms with van der Waals surface area (Å²) >= 11 is 0. The number of rotatable bonds is 6. The first-order valence-corrected chi connectivity index (χ1v) is 11.3. The maximum atomic E-state index is 12.7. The van der Waals surface area contributed by atoms with Gasteiger partial charge in [-0.25, -0.2) is 4.79 Å². The van der Waals surface area contributed by atoms with E-state index >= 15 is 0 Å². The third-order valence-electron chi connectivity index (χ3n) is 6.22. The van der Waals surface area contributed by atoms with Gasteiger partial charge in [-0.05, 0) is 57.2 Å². The number of amides is 1. The number of methoxy groups -OCH3 is 2. The molecule has 4 unspecified atom stereocenters. The number of nitrogens with one attached hydrogen (secondary N) is 1. The van der Waals surface area contributed by atoms with Crippen LogP contribution in [0.25, 0.3) is 11.0 Å². The topological polar surface area (TPSA) is 137 Å². The van der Waals surface area contributed by atoms with Crippen molar-refractivity contribution in [2.75, 3.05) is 19.5 Å². The van der Waals surface area contributed by atoms with Gasteiger partial charge in [-0.1, -0.05) is 6.07 Å². The molecule has 2 heterocycles. The summed E-state index contributed by atoms with van der Waals surface area (Å²) in [6.45, 7) is 5.13. The number of anilines is 1. The highest BCUT2D eigenvalue weighted by Crippen LogP contribution is 2.35. The first kappa shape index (κ1) is 25.6. The normalized spacial score (nSPS) is 23.3. The Labute approximate surface area is 207 Å². The molecule has 4 rings (SSSR count). The van der Waals surface area contributed by atoms with Crippen LogP contribution in [0.15, 0.2) is 51.7 Å². The molecule has 3 N–H and O–H groups in total. The summed E-state index contributed by atoms with van der Waals surface area (Å²) in [6, 6.07) is 11.3. The number of carbonyl (C=O) groups excluding carboxylic acids is 1. The Morgan fingerprint density at radius 3 is 2.53 bits per heavy atom. The summed E-state index contributed by atoms with van der Waals surface area (Å²) in [6.07, 6.45) is -4.56. The Kier molecular flexibility index (Phi) is 7.05. The van der Waals surface area contributed by atoms with Crippen LogP contribution in [-0.4, -0.2) is 60.5 Å². The van der Waals surface area contributed by atoms with Crippen LogP contribution in [0, 0.1) is 6.92 Å². The highest BCUT2D eigenvalue weighted by molar-refractivity contribution is 6.05. The number of ether oxygens (including phenoxy) is 4. The number of benzene rings is 2. The molecule has 3 aromatic rings. The van der Waals surface area contributed by atoms with Gasteiger partial charge in [0.1, 0.15) is 41.1 Å². The van der Waals surface area contributed by atoms with Gasteiger partial charge in [0.15, 0.2) is 0 Å². The second-order valence-electron chi connectivity index (χ2n) is 9.09. The summed E-state index contributed by atoms with van der Waals surface area (Å²) in [5.41, 5.74) is -0.660. The maximum absolute atomic E-state index is 12.7. The minimum atomic E-state index is -1.38. The molecular weight excluding hydrogens is 470 g/mol. The predicted molar refractivity (Wildman–Crippen MR) is 131 cm³/mol. The van der Waals surface area contributed by atoms with Crippen molar-refractivity contribution in [2.24, 2.45) is 0 Å². The second-order valence-corrected chi connectivity index (χ2v) is 9.09. The molecule has 1 saturated heterocycles. The number of carbonyl (C=O) groups is 1. The monoisotopic (exact) mass is 499 g/mol. The van der Waals surface area contributed by atoms with Crippen LogP contribution in [0.5, 0.6) is 11.5 Å². The van der Waals surface area contributed by atoms with E-state index in [0.717, 1.165) is 0 Å². The molecule has 4 atom stereocenters. The highest BCUT2D eigenvalue weighted by Gasteiger charge is 2.50. The van der Waals surface area contributed by atoms with Crippen molar-refractivity contribution in [2.45, 2.75) is 51.0 Å². The standard InChI is InChI=1S/C26H29NO9/c1-13-18(34-25-20(29)19(28)22(33-5)26(2,3)36-25)10-9-14-12-17(24(31)35-21(13)14)27-23(30)15-7-6-8-16(11-15)32-4/h6-12,19-20,22,25,28-29H,1-5H3,(H,27,30). The number of aliphatic hydroxyl groups excluding tert-OH is 2. The van der Waals surface area contributed by atoms with E-state index in [1.54, 1.807) is 57.2 Å². The third-order valence-corrected chi connectivity index (χ3v) is 6.22. The van der Waals surface area contributed by atoms with Gasteiger partial charge in [0.05, 0.1) is 12.7 Å². The van der Waals surface area contributed by atoms with E-state index in [1.165, 1.54) is 20.3 Å². The minimum Gasteiger partial charge on any atom is -0.497 e. The van der Waals surface area contributed by atoms with Gasteiger partial charge in [-0.2, -0.15) is 0 Å². The van der Waals surface area contributed by atoms with Crippen LogP contribution in [-0.2, 0) is 9.47 Å². The van der Waals surface area contributed by atoms with E-state index in [2.05, 4.69) is 5.32 Å². The first-order valence-electron chi connectivity index (χ1n) is 11.3. The summed E-state index contributed by atoms with van der Waals surface area (Å²) < 4.78 is 27.7. The molecule has 36 heavy (non-hydrogen) atoms. The summed E-state index contributed by atoms with van der Waals surface area (Å²) in [7, 11) is 2.92. The zero-order chi connectivity index (χ0) is 26.2. The molecule has 1 aliphatic rings. The van der Waals surface area contributed by atoms with Crippen molar-refractivity contribution in [1.82, 2.24) is 0 Å². The van der Waals surface area contributed by atoms with Crippen molar-refractivity contribution >= 4 is 22.6 Å². The van der Waals surface area contributed by atoms with Crippen LogP contribution in [0.3, 0.4) is 0 Å². The van der Waals surface area contributed by atoms with Gasteiger partial charge in [0.25, 0.3) is 5.91 Å². The maximum Gasteiger partial charge on any atom is 0.360 e. The zero-order valence-corrected chi connectivity index (χ0v) is 20.6. The van der Waals surface area contributed by atoms with Gasteiger partial charge < -0.3 is 38.9 Å². The van der Waals surface area contributed by atoms with Gasteiger partial charge in [0.2, 0.25) is 6.29 Å². The van der Waals surface area contributed by atoms with E-state index in [0.29, 0.717) is 28.0 Å². The molecule has 0 aliphatic carbocycles. The van der Waals surface area contributed by atoms with Crippen LogP contribution in [0.4, 0.5) is 5.69 Å². The second kappa shape index (κ2) is 9.90. The van der Waals surface area contributed by atoms with E-state index in [4.69, 9.17) is 23.4 Å². The molecule has 10 nitrogen and oxygen atoms in total. The molecule has 10 heteroatoms. The Morgan fingerprint density at radius 1 is 1.08 bits per heavy atom. The molecule has 1 aliphatic heterocycles. The van der Waals surface area contributed by atoms with Crippen molar-refractivity contribution in [3.63, 3.8) is 0 Å². The number of hydrogen-bond acceptors (Lipinski definition) is 9. The van der Waals surface area contributed by atoms with Gasteiger partial charge in [-0.15, -0.1) is 0 Å². The molecule has 0 saturated carbocycles. The number of hydrogen-bond donors (Lipinski definition) is 3. The smallest absolute Gasteiger partial charge is 0.360 e. The largest absolute Gasteiger partial charge is 0.497 e. The lowest BCUT2D eigenvalue weighted by Crippen LogP contribution is -2.63. The van der Waals surface area contributed by atoms with E-state index < -0.39 is 41.7 Å². The molecule has 0 radical (unpaired) electrons. The van der Waals surface area contributed by atoms with Crippen molar-refractivity contribution < 1.29 is 38.4 Å². The fraction of sp³-hybridized carbons (Fsp3) is 0.385. The molecular formula is C26H29NO9. The van der Waals surface area contributed by atoms with Crippen LogP contribution in [0.2, 0.25) is 0 Å². The fourth-order valence-electron chi connectivity index (χ4n) is 4.31. The lowest BCUT2D eigenvalue weighted by Gasteiger charge is -2.46. The molecule has 1 amide bonds. The van der Waals surface area contributed by atoms with Crippen molar-refractivity contribution in [1.29, 1.82) is 0 Å². The van der Waals surface area contributed by atoms with Gasteiger partial charge in [0, 0.05) is 23.6 Å². The third kappa shape index (κ3) is 4.80. The van der Waals surface area contributed by atoms with Gasteiger partial charge >= 0.3 is 5.63 Å². The number of aryl methyl sites for hydroxylation is 1. The number of aliphatic hydroxyl groups is 2. The molecule has 192 valence electrons. The average molecular weight is 500 g/mol. The fourth-order valence-corrected chi connectivity index (χ4v) is 4.31. The molecule has 1 fully saturated rings. The van der Waals surface area contributed by atoms with E-state index in [9.17, 15) is 19.8 Å².